The topological polar surface area (TPSA) is 71.4 Å². The molecule has 0 heterocycles. The first-order chi connectivity index (χ1) is 16.0. The standard InChI is InChI=1S/C27H23ClN2O3/c1-3-7-21-14-20(15-22(17-29)27(31)30-24-12-10-23(28)11-13-24)16-25(32-2)26(21)33-18-19-8-5-4-6-9-19/h3-6,8-16H,1,7,18H2,2H3,(H,30,31)/b22-15-. The molecule has 0 aliphatic rings. The summed E-state index contributed by atoms with van der Waals surface area (Å²) < 4.78 is 11.6. The van der Waals surface area contributed by atoms with Crippen LogP contribution in [0.2, 0.25) is 5.02 Å². The lowest BCUT2D eigenvalue weighted by Crippen LogP contribution is -2.13. The van der Waals surface area contributed by atoms with Crippen LogP contribution >= 0.6 is 11.6 Å². The van der Waals surface area contributed by atoms with Gasteiger partial charge in [-0.25, -0.2) is 0 Å². The van der Waals surface area contributed by atoms with Gasteiger partial charge >= 0.3 is 0 Å². The minimum Gasteiger partial charge on any atom is -0.493 e. The lowest BCUT2D eigenvalue weighted by atomic mass is 10.0. The zero-order valence-electron chi connectivity index (χ0n) is 18.2. The molecule has 3 aromatic rings. The first-order valence-corrected chi connectivity index (χ1v) is 10.6. The van der Waals surface area contributed by atoms with E-state index in [2.05, 4.69) is 11.9 Å². The SMILES string of the molecule is C=CCc1cc(/C=C(/C#N)C(=O)Nc2ccc(Cl)cc2)cc(OC)c1OCc1ccccc1. The molecule has 3 rings (SSSR count). The number of allylic oxidation sites excluding steroid dienone is 1. The number of nitrogens with zero attached hydrogens (tertiary/aromatic N) is 1. The highest BCUT2D eigenvalue weighted by Gasteiger charge is 2.15. The Morgan fingerprint density at radius 1 is 1.15 bits per heavy atom. The third-order valence-electron chi connectivity index (χ3n) is 4.74. The predicted octanol–water partition coefficient (Wildman–Crippen LogP) is 6.20. The van der Waals surface area contributed by atoms with E-state index in [1.165, 1.54) is 6.08 Å². The Kier molecular flexibility index (Phi) is 8.29. The van der Waals surface area contributed by atoms with Crippen LogP contribution in [0.1, 0.15) is 16.7 Å². The van der Waals surface area contributed by atoms with Crippen LogP contribution in [0.5, 0.6) is 11.5 Å². The van der Waals surface area contributed by atoms with Gasteiger partial charge in [0.05, 0.1) is 7.11 Å². The largest absolute Gasteiger partial charge is 0.493 e. The molecule has 0 saturated heterocycles. The Bertz CT molecular complexity index is 1200. The van der Waals surface area contributed by atoms with Gasteiger partial charge in [-0.15, -0.1) is 6.58 Å². The monoisotopic (exact) mass is 458 g/mol. The number of benzene rings is 3. The third kappa shape index (κ3) is 6.49. The number of nitrogens with one attached hydrogen (secondary N) is 1. The molecule has 0 spiro atoms. The van der Waals surface area contributed by atoms with Crippen molar-refractivity contribution in [3.05, 3.63) is 107 Å². The fraction of sp³-hybridized carbons (Fsp3) is 0.111. The van der Waals surface area contributed by atoms with Gasteiger partial charge in [0.15, 0.2) is 11.5 Å². The molecule has 0 radical (unpaired) electrons. The molecule has 0 aromatic heterocycles. The molecule has 0 aliphatic carbocycles. The van der Waals surface area contributed by atoms with E-state index in [1.807, 2.05) is 42.5 Å². The number of hydrogen-bond donors (Lipinski definition) is 1. The summed E-state index contributed by atoms with van der Waals surface area (Å²) in [4.78, 5) is 12.6. The van der Waals surface area contributed by atoms with Crippen LogP contribution < -0.4 is 14.8 Å². The van der Waals surface area contributed by atoms with Crippen molar-refractivity contribution < 1.29 is 14.3 Å². The molecule has 1 N–H and O–H groups in total. The zero-order valence-corrected chi connectivity index (χ0v) is 18.9. The van der Waals surface area contributed by atoms with Crippen molar-refractivity contribution in [1.82, 2.24) is 0 Å². The van der Waals surface area contributed by atoms with Crippen molar-refractivity contribution >= 4 is 29.3 Å². The number of ether oxygens (including phenoxy) is 2. The van der Waals surface area contributed by atoms with Crippen LogP contribution in [0.25, 0.3) is 6.08 Å². The maximum atomic E-state index is 12.6. The minimum atomic E-state index is -0.520. The Hall–Kier alpha value is -4.01. The van der Waals surface area contributed by atoms with E-state index in [4.69, 9.17) is 21.1 Å². The average molecular weight is 459 g/mol. The number of carbonyl (C=O) groups is 1. The molecule has 0 atom stereocenters. The molecule has 0 fully saturated rings. The summed E-state index contributed by atoms with van der Waals surface area (Å²) in [7, 11) is 1.55. The highest BCUT2D eigenvalue weighted by Crippen LogP contribution is 2.35. The van der Waals surface area contributed by atoms with Crippen LogP contribution in [0, 0.1) is 11.3 Å². The number of amides is 1. The van der Waals surface area contributed by atoms with Crippen molar-refractivity contribution in [1.29, 1.82) is 5.26 Å². The Balaban J connectivity index is 1.89. The molecule has 5 nitrogen and oxygen atoms in total. The fourth-order valence-electron chi connectivity index (χ4n) is 3.17. The highest BCUT2D eigenvalue weighted by atomic mass is 35.5. The lowest BCUT2D eigenvalue weighted by Gasteiger charge is -2.16. The van der Waals surface area contributed by atoms with Gasteiger partial charge in [0.25, 0.3) is 5.91 Å². The maximum absolute atomic E-state index is 12.6. The van der Waals surface area contributed by atoms with Gasteiger partial charge in [-0.1, -0.05) is 48.0 Å². The van der Waals surface area contributed by atoms with Crippen molar-refractivity contribution in [3.8, 4) is 17.6 Å². The highest BCUT2D eigenvalue weighted by molar-refractivity contribution is 6.30. The number of hydrogen-bond acceptors (Lipinski definition) is 4. The van der Waals surface area contributed by atoms with E-state index in [0.29, 0.717) is 40.8 Å². The Labute approximate surface area is 198 Å². The first-order valence-electron chi connectivity index (χ1n) is 10.2. The number of nitriles is 1. The van der Waals surface area contributed by atoms with Crippen molar-refractivity contribution in [3.63, 3.8) is 0 Å². The van der Waals surface area contributed by atoms with Crippen LogP contribution in [0.3, 0.4) is 0 Å². The van der Waals surface area contributed by atoms with E-state index in [1.54, 1.807) is 43.5 Å². The van der Waals surface area contributed by atoms with Crippen molar-refractivity contribution in [2.24, 2.45) is 0 Å². The number of anilines is 1. The Morgan fingerprint density at radius 3 is 2.52 bits per heavy atom. The molecular formula is C27H23ClN2O3. The van der Waals surface area contributed by atoms with E-state index < -0.39 is 5.91 Å². The van der Waals surface area contributed by atoms with Crippen molar-refractivity contribution in [2.75, 3.05) is 12.4 Å². The summed E-state index contributed by atoms with van der Waals surface area (Å²) in [5.74, 6) is 0.586. The van der Waals surface area contributed by atoms with E-state index in [-0.39, 0.29) is 5.57 Å². The van der Waals surface area contributed by atoms with Gasteiger partial charge in [0, 0.05) is 16.3 Å². The van der Waals surface area contributed by atoms with Crippen LogP contribution in [-0.2, 0) is 17.8 Å². The van der Waals surface area contributed by atoms with Crippen LogP contribution in [-0.4, -0.2) is 13.0 Å². The summed E-state index contributed by atoms with van der Waals surface area (Å²) in [6.07, 6.45) is 3.80. The van der Waals surface area contributed by atoms with E-state index in [0.717, 1.165) is 11.1 Å². The molecule has 0 bridgehead atoms. The van der Waals surface area contributed by atoms with E-state index >= 15 is 0 Å². The number of carbonyl (C=O) groups excluding carboxylic acids is 1. The van der Waals surface area contributed by atoms with Gasteiger partial charge in [-0.2, -0.15) is 5.26 Å². The first kappa shape index (κ1) is 23.6. The molecule has 6 heteroatoms. The predicted molar refractivity (Wildman–Crippen MR) is 131 cm³/mol. The molecule has 0 aliphatic heterocycles. The molecular weight excluding hydrogens is 436 g/mol. The van der Waals surface area contributed by atoms with Gasteiger partial charge in [0.2, 0.25) is 0 Å². The molecule has 0 saturated carbocycles. The van der Waals surface area contributed by atoms with Gasteiger partial charge in [0.1, 0.15) is 18.2 Å². The normalized spacial score (nSPS) is 10.8. The lowest BCUT2D eigenvalue weighted by molar-refractivity contribution is -0.112. The van der Waals surface area contributed by atoms with Gasteiger partial charge in [-0.05, 0) is 60.0 Å². The fourth-order valence-corrected chi connectivity index (χ4v) is 3.29. The summed E-state index contributed by atoms with van der Waals surface area (Å²) in [5, 5.41) is 12.8. The summed E-state index contributed by atoms with van der Waals surface area (Å²) in [6.45, 7) is 4.20. The van der Waals surface area contributed by atoms with Crippen LogP contribution in [0.15, 0.2) is 85.0 Å². The third-order valence-corrected chi connectivity index (χ3v) is 4.99. The van der Waals surface area contributed by atoms with Gasteiger partial charge in [-0.3, -0.25) is 4.79 Å². The summed E-state index contributed by atoms with van der Waals surface area (Å²) in [6, 6.07) is 22.0. The zero-order chi connectivity index (χ0) is 23.6. The smallest absolute Gasteiger partial charge is 0.266 e. The summed E-state index contributed by atoms with van der Waals surface area (Å²) in [5.41, 5.74) is 2.99. The second-order valence-corrected chi connectivity index (χ2v) is 7.55. The van der Waals surface area contributed by atoms with Gasteiger partial charge < -0.3 is 14.8 Å². The van der Waals surface area contributed by atoms with E-state index in [9.17, 15) is 10.1 Å². The molecule has 3 aromatic carbocycles. The summed E-state index contributed by atoms with van der Waals surface area (Å²) >= 11 is 5.88. The van der Waals surface area contributed by atoms with Crippen molar-refractivity contribution in [2.45, 2.75) is 13.0 Å². The molecule has 166 valence electrons. The molecule has 0 unspecified atom stereocenters. The number of methoxy groups -OCH3 is 1. The quantitative estimate of drug-likeness (QED) is 0.235. The number of rotatable bonds is 9. The Morgan fingerprint density at radius 2 is 1.88 bits per heavy atom. The molecule has 1 amide bonds. The molecule has 33 heavy (non-hydrogen) atoms. The second kappa shape index (κ2) is 11.6. The van der Waals surface area contributed by atoms with Crippen LogP contribution in [0.4, 0.5) is 5.69 Å². The minimum absolute atomic E-state index is 0.0467. The maximum Gasteiger partial charge on any atom is 0.266 e. The number of halogens is 1. The second-order valence-electron chi connectivity index (χ2n) is 7.11. The average Bonchev–Trinajstić information content (AvgIpc) is 2.83.